The van der Waals surface area contributed by atoms with E-state index in [2.05, 4.69) is 51.7 Å². The zero-order valence-electron chi connectivity index (χ0n) is 52.1. The summed E-state index contributed by atoms with van der Waals surface area (Å²) in [6.45, 7) is 12.2. The SMILES string of the molecule is Cc1ncsc1-c1ccc(CNC(=O)C2C[C@@H](O)CN2C(=O)[C@@H](NC(=O)COCCOCCOCCOCCOCCOCCCCCC(=O)NCCCn2c(CNc3cccc(C(=O)NCc4c(F)cccc4F)c3)nnc2-c2ccncn2)C(C)(C)C)cc1. The summed E-state index contributed by atoms with van der Waals surface area (Å²) in [6, 6.07) is 17.9. The van der Waals surface area contributed by atoms with E-state index in [9.17, 15) is 37.9 Å². The minimum Gasteiger partial charge on any atom is -0.391 e. The zero-order chi connectivity index (χ0) is 64.8. The van der Waals surface area contributed by atoms with E-state index >= 15 is 0 Å². The van der Waals surface area contributed by atoms with Crippen LogP contribution >= 0.6 is 11.3 Å². The Kier molecular flexibility index (Phi) is 29.2. The van der Waals surface area contributed by atoms with Crippen LogP contribution in [0.3, 0.4) is 0 Å². The second-order valence-corrected chi connectivity index (χ2v) is 23.4. The lowest BCUT2D eigenvalue weighted by Gasteiger charge is -2.35. The highest BCUT2D eigenvalue weighted by atomic mass is 32.1. The first-order valence-electron chi connectivity index (χ1n) is 30.6. The van der Waals surface area contributed by atoms with Crippen LogP contribution in [0.2, 0.25) is 0 Å². The monoisotopic (exact) mass is 1280 g/mol. The van der Waals surface area contributed by atoms with Crippen molar-refractivity contribution in [3.8, 4) is 22.0 Å². The van der Waals surface area contributed by atoms with Crippen molar-refractivity contribution in [2.75, 3.05) is 97.7 Å². The first-order chi connectivity index (χ1) is 44.0. The quantitative estimate of drug-likeness (QED) is 0.0242. The number of nitrogens with one attached hydrogen (secondary N) is 5. The number of aliphatic hydroxyl groups excluding tert-OH is 1. The Morgan fingerprint density at radius 2 is 1.40 bits per heavy atom. The number of nitrogens with zero attached hydrogens (tertiary/aromatic N) is 7. The first kappa shape index (κ1) is 70.7. The molecule has 6 N–H and O–H groups in total. The summed E-state index contributed by atoms with van der Waals surface area (Å²) in [5.74, 6) is -2.21. The Labute approximate surface area is 532 Å². The number of hydrogen-bond donors (Lipinski definition) is 6. The number of β-amino-alcohol motifs (C(OH)–C–C–N with tert-alkyl or cyclic N) is 1. The third-order valence-electron chi connectivity index (χ3n) is 14.6. The molecule has 91 heavy (non-hydrogen) atoms. The number of aliphatic hydroxyl groups is 1. The third-order valence-corrected chi connectivity index (χ3v) is 15.6. The number of anilines is 1. The molecule has 24 nitrogen and oxygen atoms in total. The lowest BCUT2D eigenvalue weighted by Crippen LogP contribution is -2.58. The molecule has 3 aromatic heterocycles. The number of benzene rings is 3. The van der Waals surface area contributed by atoms with Crippen LogP contribution in [0.5, 0.6) is 0 Å². The van der Waals surface area contributed by atoms with Crippen molar-refractivity contribution in [2.24, 2.45) is 5.41 Å². The fourth-order valence-corrected chi connectivity index (χ4v) is 10.5. The van der Waals surface area contributed by atoms with E-state index in [-0.39, 0.29) is 69.8 Å². The molecule has 0 saturated carbocycles. The number of halogens is 2. The van der Waals surface area contributed by atoms with Gasteiger partial charge in [0.15, 0.2) is 11.6 Å². The summed E-state index contributed by atoms with van der Waals surface area (Å²) in [4.78, 5) is 81.0. The molecule has 1 aliphatic heterocycles. The van der Waals surface area contributed by atoms with Crippen molar-refractivity contribution in [1.29, 1.82) is 0 Å². The topological polar surface area (TPSA) is 294 Å². The standard InChI is InChI=1S/C64H84F2N12O12S/c1-44-58(91-43-73-44)46-18-16-45(17-19-46)37-70-62(83)54-36-49(79)40-78(54)63(84)59(64(2,3)4)74-57(81)41-90-34-33-89-32-31-88-30-29-87-28-27-86-26-25-85-24-7-5-6-15-56(80)68-21-10-23-77-55(75-76-60(77)53-20-22-67-42-72-53)39-69-48-12-8-11-47(35-48)61(82)71-38-50-51(65)13-9-14-52(50)66/h8-9,11-14,16-20,22,35,42-43,49,54,59,69,79H,5-7,10,15,21,23-34,36-41H2,1-4H3,(H,68,80)(H,70,83)(H,71,82)(H,74,81)/t49-,54?,59-/m1/s1. The van der Waals surface area contributed by atoms with Crippen LogP contribution in [0.4, 0.5) is 14.5 Å². The maximum absolute atomic E-state index is 14.1. The molecule has 3 aromatic carbocycles. The highest BCUT2D eigenvalue weighted by Gasteiger charge is 2.44. The highest BCUT2D eigenvalue weighted by molar-refractivity contribution is 7.13. The molecule has 492 valence electrons. The van der Waals surface area contributed by atoms with E-state index in [1.54, 1.807) is 53.4 Å². The van der Waals surface area contributed by atoms with Gasteiger partial charge in [-0.3, -0.25) is 24.0 Å². The number of thiazole rings is 1. The molecule has 0 aliphatic carbocycles. The largest absolute Gasteiger partial charge is 0.391 e. The van der Waals surface area contributed by atoms with Gasteiger partial charge in [-0.25, -0.2) is 23.7 Å². The second kappa shape index (κ2) is 37.5. The minimum atomic E-state index is -0.979. The van der Waals surface area contributed by atoms with Crippen molar-refractivity contribution in [1.82, 2.24) is 55.9 Å². The number of hydrogen-bond acceptors (Lipinski definition) is 19. The molecule has 1 fully saturated rings. The summed E-state index contributed by atoms with van der Waals surface area (Å²) in [7, 11) is 0. The zero-order valence-corrected chi connectivity index (χ0v) is 52.9. The normalized spacial score (nSPS) is 14.3. The van der Waals surface area contributed by atoms with E-state index in [1.165, 1.54) is 17.3 Å². The molecule has 1 saturated heterocycles. The molecule has 5 amide bonds. The Bertz CT molecular complexity index is 3210. The van der Waals surface area contributed by atoms with Crippen molar-refractivity contribution in [3.05, 3.63) is 131 Å². The second-order valence-electron chi connectivity index (χ2n) is 22.6. The number of likely N-dealkylation sites (tertiary alicyclic amines) is 1. The van der Waals surface area contributed by atoms with Crippen molar-refractivity contribution in [2.45, 2.75) is 111 Å². The fraction of sp³-hybridized carbons (Fsp3) is 0.500. The molecule has 1 aliphatic rings. The average molecular weight is 1280 g/mol. The van der Waals surface area contributed by atoms with E-state index in [1.807, 2.05) is 56.5 Å². The Hall–Kier alpha value is -7.76. The molecule has 4 heterocycles. The van der Waals surface area contributed by atoms with Gasteiger partial charge in [0, 0.05) is 75.2 Å². The summed E-state index contributed by atoms with van der Waals surface area (Å²) in [5, 5.41) is 33.9. The number of carbonyl (C=O) groups is 5. The molecule has 0 spiro atoms. The van der Waals surface area contributed by atoms with Gasteiger partial charge in [0.1, 0.15) is 42.3 Å². The van der Waals surface area contributed by atoms with Crippen LogP contribution in [0.15, 0.2) is 90.8 Å². The van der Waals surface area contributed by atoms with Crippen LogP contribution in [0.1, 0.15) is 92.3 Å². The molecule has 1 unspecified atom stereocenters. The fourth-order valence-electron chi connectivity index (χ4n) is 9.70. The number of amides is 5. The van der Waals surface area contributed by atoms with Gasteiger partial charge < -0.3 is 69.6 Å². The molecule has 6 aromatic rings. The smallest absolute Gasteiger partial charge is 0.251 e. The van der Waals surface area contributed by atoms with Crippen LogP contribution in [0, 0.1) is 24.0 Å². The van der Waals surface area contributed by atoms with Crippen LogP contribution < -0.4 is 26.6 Å². The van der Waals surface area contributed by atoms with E-state index < -0.39 is 53.0 Å². The summed E-state index contributed by atoms with van der Waals surface area (Å²) >= 11 is 1.56. The molecule has 3 atom stereocenters. The number of rotatable bonds is 40. The van der Waals surface area contributed by atoms with Crippen LogP contribution in [0.25, 0.3) is 22.0 Å². The average Bonchev–Trinajstić information content (AvgIpc) is 1.86. The van der Waals surface area contributed by atoms with Crippen molar-refractivity contribution < 1.29 is 66.3 Å². The molecule has 27 heteroatoms. The predicted molar refractivity (Wildman–Crippen MR) is 335 cm³/mol. The van der Waals surface area contributed by atoms with Gasteiger partial charge >= 0.3 is 0 Å². The van der Waals surface area contributed by atoms with Crippen molar-refractivity contribution in [3.63, 3.8) is 0 Å². The summed E-state index contributed by atoms with van der Waals surface area (Å²) in [5.41, 5.74) is 5.24. The van der Waals surface area contributed by atoms with E-state index in [0.29, 0.717) is 114 Å². The maximum atomic E-state index is 14.1. The van der Waals surface area contributed by atoms with Gasteiger partial charge in [0.25, 0.3) is 5.91 Å². The van der Waals surface area contributed by atoms with Crippen LogP contribution in [-0.4, -0.2) is 180 Å². The third kappa shape index (κ3) is 23.5. The summed E-state index contributed by atoms with van der Waals surface area (Å²) < 4.78 is 63.6. The Balaban J connectivity index is 0.648. The Morgan fingerprint density at radius 1 is 0.725 bits per heavy atom. The molecular weight excluding hydrogens is 1200 g/mol. The lowest BCUT2D eigenvalue weighted by atomic mass is 9.85. The summed E-state index contributed by atoms with van der Waals surface area (Å²) in [6.07, 6.45) is 5.60. The maximum Gasteiger partial charge on any atom is 0.251 e. The molecule has 0 radical (unpaired) electrons. The van der Waals surface area contributed by atoms with Gasteiger partial charge in [-0.05, 0) is 79.1 Å². The number of ether oxygens (including phenoxy) is 6. The van der Waals surface area contributed by atoms with Gasteiger partial charge in [-0.2, -0.15) is 0 Å². The van der Waals surface area contributed by atoms with Gasteiger partial charge in [-0.15, -0.1) is 21.5 Å². The van der Waals surface area contributed by atoms with E-state index in [4.69, 9.17) is 28.4 Å². The molecule has 7 rings (SSSR count). The molecular formula is C64H84F2N12O12S. The highest BCUT2D eigenvalue weighted by Crippen LogP contribution is 2.29. The number of carbonyl (C=O) groups excluding carboxylic acids is 5. The predicted octanol–water partition coefficient (Wildman–Crippen LogP) is 5.96. The molecule has 0 bridgehead atoms. The number of unbranched alkanes of at least 4 members (excludes halogenated alkanes) is 2. The van der Waals surface area contributed by atoms with Crippen LogP contribution in [-0.2, 0) is 73.8 Å². The number of aromatic nitrogens is 6. The Morgan fingerprint density at radius 3 is 2.04 bits per heavy atom. The minimum absolute atomic E-state index is 0.0288. The van der Waals surface area contributed by atoms with Gasteiger partial charge in [0.2, 0.25) is 23.6 Å². The number of aryl methyl sites for hydroxylation is 1. The van der Waals surface area contributed by atoms with Crippen molar-refractivity contribution >= 4 is 46.6 Å². The van der Waals surface area contributed by atoms with Gasteiger partial charge in [-0.1, -0.05) is 63.6 Å². The van der Waals surface area contributed by atoms with E-state index in [0.717, 1.165) is 53.1 Å². The lowest BCUT2D eigenvalue weighted by molar-refractivity contribution is -0.144. The van der Waals surface area contributed by atoms with Gasteiger partial charge in [0.05, 0.1) is 94.8 Å². The first-order valence-corrected chi connectivity index (χ1v) is 31.4.